The van der Waals surface area contributed by atoms with Crippen molar-refractivity contribution < 1.29 is 35.7 Å². The summed E-state index contributed by atoms with van der Waals surface area (Å²) in [4.78, 5) is 12.0. The Kier molecular flexibility index (Phi) is 3.61. The van der Waals surface area contributed by atoms with Crippen LogP contribution in [0, 0.1) is 11.8 Å². The number of piperidine rings is 1. The molecule has 0 aromatic carbocycles. The average Bonchev–Trinajstić information content (AvgIpc) is 2.31. The highest BCUT2D eigenvalue weighted by Crippen LogP contribution is 2.38. The molecule has 0 aromatic rings. The fraction of sp³-hybridized carbons (Fsp3) is 0.700. The lowest BCUT2D eigenvalue weighted by Gasteiger charge is -2.39. The quantitative estimate of drug-likeness (QED) is 0.620. The van der Waals surface area contributed by atoms with E-state index < -0.39 is 27.6 Å². The number of halogens is 3. The molecule has 20 heavy (non-hydrogen) atoms. The van der Waals surface area contributed by atoms with Gasteiger partial charge in [0.1, 0.15) is 5.76 Å². The second kappa shape index (κ2) is 4.83. The van der Waals surface area contributed by atoms with Gasteiger partial charge in [-0.25, -0.2) is 4.79 Å². The molecule has 1 aliphatic heterocycles. The van der Waals surface area contributed by atoms with Crippen molar-refractivity contribution in [2.24, 2.45) is 11.8 Å². The highest BCUT2D eigenvalue weighted by molar-refractivity contribution is 7.87. The highest BCUT2D eigenvalue weighted by Gasteiger charge is 2.50. The van der Waals surface area contributed by atoms with E-state index in [4.69, 9.17) is 5.11 Å². The van der Waals surface area contributed by atoms with Crippen LogP contribution in [0.1, 0.15) is 12.8 Å². The number of nitrogens with zero attached hydrogens (tertiary/aromatic N) is 1. The smallest absolute Gasteiger partial charge is 0.465 e. The number of hydrogen-bond acceptors (Lipinski definition) is 4. The van der Waals surface area contributed by atoms with Gasteiger partial charge in [0.25, 0.3) is 0 Å². The summed E-state index contributed by atoms with van der Waals surface area (Å²) >= 11 is 0. The SMILES string of the molecule is O=C(O)N1CC2CC=C(OS(=O)(=O)C(F)(F)F)C(C2)C1. The summed E-state index contributed by atoms with van der Waals surface area (Å²) in [5.41, 5.74) is -5.49. The maximum atomic E-state index is 12.3. The Balaban J connectivity index is 2.17. The molecule has 2 unspecified atom stereocenters. The van der Waals surface area contributed by atoms with Gasteiger partial charge in [0, 0.05) is 19.0 Å². The molecule has 0 aromatic heterocycles. The molecule has 1 aliphatic carbocycles. The minimum atomic E-state index is -5.71. The molecule has 2 bridgehead atoms. The van der Waals surface area contributed by atoms with E-state index >= 15 is 0 Å². The van der Waals surface area contributed by atoms with Crippen LogP contribution in [0.5, 0.6) is 0 Å². The maximum absolute atomic E-state index is 12.3. The largest absolute Gasteiger partial charge is 0.534 e. The summed E-state index contributed by atoms with van der Waals surface area (Å²) < 4.78 is 62.9. The number of carbonyl (C=O) groups is 1. The van der Waals surface area contributed by atoms with Crippen LogP contribution < -0.4 is 0 Å². The summed E-state index contributed by atoms with van der Waals surface area (Å²) in [6, 6.07) is 0. The Hall–Kier alpha value is -1.45. The Bertz CT molecular complexity index is 542. The van der Waals surface area contributed by atoms with Crippen molar-refractivity contribution in [2.75, 3.05) is 13.1 Å². The van der Waals surface area contributed by atoms with Gasteiger partial charge < -0.3 is 14.2 Å². The summed E-state index contributed by atoms with van der Waals surface area (Å²) in [7, 11) is -5.71. The number of fused-ring (bicyclic) bond motifs is 2. The lowest BCUT2D eigenvalue weighted by atomic mass is 9.81. The van der Waals surface area contributed by atoms with Crippen molar-refractivity contribution >= 4 is 16.2 Å². The molecule has 0 radical (unpaired) electrons. The minimum Gasteiger partial charge on any atom is -0.465 e. The number of allylic oxidation sites excluding steroid dienone is 1. The lowest BCUT2D eigenvalue weighted by Crippen LogP contribution is -2.46. The second-order valence-corrected chi connectivity index (χ2v) is 6.35. The number of hydrogen-bond donors (Lipinski definition) is 1. The fourth-order valence-corrected chi connectivity index (χ4v) is 3.01. The maximum Gasteiger partial charge on any atom is 0.534 e. The van der Waals surface area contributed by atoms with Gasteiger partial charge in [0.15, 0.2) is 0 Å². The van der Waals surface area contributed by atoms with Crippen LogP contribution in [0.4, 0.5) is 18.0 Å². The van der Waals surface area contributed by atoms with Gasteiger partial charge in [-0.15, -0.1) is 0 Å². The molecule has 1 amide bonds. The van der Waals surface area contributed by atoms with Gasteiger partial charge in [-0.1, -0.05) is 0 Å². The van der Waals surface area contributed by atoms with Crippen molar-refractivity contribution in [3.8, 4) is 0 Å². The fourth-order valence-electron chi connectivity index (χ4n) is 2.46. The molecule has 10 heteroatoms. The molecular weight excluding hydrogens is 303 g/mol. The summed E-state index contributed by atoms with van der Waals surface area (Å²) in [6.07, 6.45) is 0.840. The van der Waals surface area contributed by atoms with Crippen LogP contribution in [0.15, 0.2) is 11.8 Å². The van der Waals surface area contributed by atoms with Crippen molar-refractivity contribution in [1.82, 2.24) is 4.90 Å². The molecule has 1 saturated heterocycles. The second-order valence-electron chi connectivity index (χ2n) is 4.81. The lowest BCUT2D eigenvalue weighted by molar-refractivity contribution is -0.0533. The zero-order valence-electron chi connectivity index (χ0n) is 10.1. The summed E-state index contributed by atoms with van der Waals surface area (Å²) in [5, 5.41) is 8.91. The van der Waals surface area contributed by atoms with E-state index in [1.54, 1.807) is 0 Å². The van der Waals surface area contributed by atoms with Gasteiger partial charge >= 0.3 is 21.7 Å². The molecule has 0 spiro atoms. The third kappa shape index (κ3) is 2.84. The van der Waals surface area contributed by atoms with E-state index in [0.29, 0.717) is 19.4 Å². The topological polar surface area (TPSA) is 83.9 Å². The van der Waals surface area contributed by atoms with Crippen LogP contribution in [0.2, 0.25) is 0 Å². The first-order valence-corrected chi connectivity index (χ1v) is 7.19. The van der Waals surface area contributed by atoms with Crippen LogP contribution >= 0.6 is 0 Å². The molecule has 2 atom stereocenters. The van der Waals surface area contributed by atoms with Crippen LogP contribution in [0.25, 0.3) is 0 Å². The van der Waals surface area contributed by atoms with Gasteiger partial charge in [-0.2, -0.15) is 21.6 Å². The van der Waals surface area contributed by atoms with Crippen molar-refractivity contribution in [3.63, 3.8) is 0 Å². The van der Waals surface area contributed by atoms with Gasteiger partial charge in [0.2, 0.25) is 0 Å². The van der Waals surface area contributed by atoms with Crippen LogP contribution in [0.3, 0.4) is 0 Å². The Morgan fingerprint density at radius 2 is 2.05 bits per heavy atom. The molecule has 0 saturated carbocycles. The number of likely N-dealkylation sites (tertiary alicyclic amines) is 1. The predicted molar refractivity (Wildman–Crippen MR) is 60.0 cm³/mol. The number of rotatable bonds is 2. The first-order valence-electron chi connectivity index (χ1n) is 5.79. The molecule has 1 fully saturated rings. The molecule has 2 rings (SSSR count). The zero-order chi connectivity index (χ0) is 15.1. The standard InChI is InChI=1S/C10H12F3NO5S/c11-10(12,13)20(17,18)19-8-2-1-6-3-7(8)5-14(4-6)9(15)16/h2,6-7H,1,3-5H2,(H,15,16). The third-order valence-corrected chi connectivity index (χ3v) is 4.33. The van der Waals surface area contributed by atoms with E-state index in [0.717, 1.165) is 4.90 Å². The summed E-state index contributed by atoms with van der Waals surface area (Å²) in [6.45, 7) is 0.229. The molecule has 114 valence electrons. The van der Waals surface area contributed by atoms with Crippen molar-refractivity contribution in [1.29, 1.82) is 0 Å². The van der Waals surface area contributed by atoms with E-state index in [9.17, 15) is 26.4 Å². The summed E-state index contributed by atoms with van der Waals surface area (Å²) in [5.74, 6) is -0.994. The number of carboxylic acid groups (broad SMARTS) is 1. The third-order valence-electron chi connectivity index (χ3n) is 3.35. The molecule has 2 aliphatic rings. The first-order chi connectivity index (χ1) is 9.10. The van der Waals surface area contributed by atoms with E-state index in [1.165, 1.54) is 6.08 Å². The van der Waals surface area contributed by atoms with Crippen LogP contribution in [-0.4, -0.2) is 43.1 Å². The minimum absolute atomic E-state index is 0.0224. The monoisotopic (exact) mass is 315 g/mol. The Labute approximate surface area is 112 Å². The predicted octanol–water partition coefficient (Wildman–Crippen LogP) is 1.76. The van der Waals surface area contributed by atoms with Crippen molar-refractivity contribution in [2.45, 2.75) is 18.3 Å². The first kappa shape index (κ1) is 14.9. The molecular formula is C10H12F3NO5S. The van der Waals surface area contributed by atoms with Crippen molar-refractivity contribution in [3.05, 3.63) is 11.8 Å². The Morgan fingerprint density at radius 3 is 2.60 bits per heavy atom. The van der Waals surface area contributed by atoms with Gasteiger partial charge in [0.05, 0.1) is 0 Å². The average molecular weight is 315 g/mol. The van der Waals surface area contributed by atoms with E-state index in [-0.39, 0.29) is 18.2 Å². The Morgan fingerprint density at radius 1 is 1.40 bits per heavy atom. The molecule has 1 N–H and O–H groups in total. The zero-order valence-corrected chi connectivity index (χ0v) is 10.9. The highest BCUT2D eigenvalue weighted by atomic mass is 32.2. The normalized spacial score (nSPS) is 26.9. The molecule has 6 nitrogen and oxygen atoms in total. The van der Waals surface area contributed by atoms with E-state index in [1.807, 2.05) is 0 Å². The van der Waals surface area contributed by atoms with Gasteiger partial charge in [-0.3, -0.25) is 0 Å². The van der Waals surface area contributed by atoms with Crippen LogP contribution in [-0.2, 0) is 14.3 Å². The van der Waals surface area contributed by atoms with Gasteiger partial charge in [-0.05, 0) is 24.8 Å². The van der Waals surface area contributed by atoms with E-state index in [2.05, 4.69) is 4.18 Å². The number of alkyl halides is 3. The number of amides is 1. The molecule has 1 heterocycles.